The first-order chi connectivity index (χ1) is 13.1. The molecule has 1 aliphatic carbocycles. The van der Waals surface area contributed by atoms with Crippen molar-refractivity contribution in [3.8, 4) is 5.75 Å². The van der Waals surface area contributed by atoms with Crippen LogP contribution >= 0.6 is 0 Å². The van der Waals surface area contributed by atoms with E-state index in [-0.39, 0.29) is 36.4 Å². The second-order valence-corrected chi connectivity index (χ2v) is 8.03. The minimum Gasteiger partial charge on any atom is -0.483 e. The fourth-order valence-corrected chi connectivity index (χ4v) is 4.41. The molecule has 3 aliphatic rings. The van der Waals surface area contributed by atoms with Gasteiger partial charge in [-0.1, -0.05) is 19.8 Å². The number of nitrogens with one attached hydrogen (secondary N) is 2. The van der Waals surface area contributed by atoms with E-state index in [2.05, 4.69) is 22.5 Å². The first-order valence-electron chi connectivity index (χ1n) is 9.98. The summed E-state index contributed by atoms with van der Waals surface area (Å²) in [6, 6.07) is 3.74. The number of carbonyl (C=O) groups excluding carboxylic acids is 1. The highest BCUT2D eigenvalue weighted by atomic mass is 16.6. The summed E-state index contributed by atoms with van der Waals surface area (Å²) in [6.07, 6.45) is 5.75. The lowest BCUT2D eigenvalue weighted by molar-refractivity contribution is 0.0299. The monoisotopic (exact) mass is 375 g/mol. The van der Waals surface area contributed by atoms with E-state index in [1.54, 1.807) is 6.20 Å². The van der Waals surface area contributed by atoms with Crippen LogP contribution in [0.2, 0.25) is 0 Å². The Bertz CT molecular complexity index is 670. The van der Waals surface area contributed by atoms with Gasteiger partial charge in [0.2, 0.25) is 0 Å². The second kappa shape index (κ2) is 8.02. The fraction of sp³-hybridized carbons (Fsp3) is 0.700. The van der Waals surface area contributed by atoms with Crippen LogP contribution in [-0.2, 0) is 9.47 Å². The first kappa shape index (κ1) is 18.5. The van der Waals surface area contributed by atoms with Crippen molar-refractivity contribution in [2.45, 2.75) is 69.9 Å². The van der Waals surface area contributed by atoms with Crippen LogP contribution in [0.4, 0.5) is 4.79 Å². The summed E-state index contributed by atoms with van der Waals surface area (Å²) in [5, 5.41) is 6.15. The number of nitrogens with zero attached hydrogens (tertiary/aromatic N) is 1. The highest BCUT2D eigenvalue weighted by molar-refractivity contribution is 5.74. The zero-order chi connectivity index (χ0) is 18.8. The number of carbonyl (C=O) groups is 1. The molecule has 0 aromatic carbocycles. The Balaban J connectivity index is 1.29. The molecule has 3 heterocycles. The largest absolute Gasteiger partial charge is 0.483 e. The molecule has 2 amide bonds. The smallest absolute Gasteiger partial charge is 0.315 e. The maximum atomic E-state index is 12.4. The molecule has 7 nitrogen and oxygen atoms in total. The van der Waals surface area contributed by atoms with Crippen molar-refractivity contribution in [2.75, 3.05) is 13.2 Å². The van der Waals surface area contributed by atoms with Crippen molar-refractivity contribution in [3.63, 3.8) is 0 Å². The third kappa shape index (κ3) is 4.19. The van der Waals surface area contributed by atoms with Crippen molar-refractivity contribution < 1.29 is 19.0 Å². The van der Waals surface area contributed by atoms with E-state index in [1.165, 1.54) is 12.8 Å². The molecule has 1 aromatic heterocycles. The number of urea groups is 1. The number of hydrogen-bond acceptors (Lipinski definition) is 5. The Morgan fingerprint density at radius 2 is 2.07 bits per heavy atom. The van der Waals surface area contributed by atoms with Gasteiger partial charge in [-0.25, -0.2) is 4.79 Å². The summed E-state index contributed by atoms with van der Waals surface area (Å²) in [4.78, 5) is 16.7. The van der Waals surface area contributed by atoms with Crippen molar-refractivity contribution in [1.29, 1.82) is 0 Å². The van der Waals surface area contributed by atoms with Crippen molar-refractivity contribution in [1.82, 2.24) is 15.6 Å². The molecule has 2 aliphatic heterocycles. The summed E-state index contributed by atoms with van der Waals surface area (Å²) >= 11 is 0. The van der Waals surface area contributed by atoms with Gasteiger partial charge >= 0.3 is 6.03 Å². The van der Waals surface area contributed by atoms with Crippen LogP contribution in [0.3, 0.4) is 0 Å². The molecule has 0 bridgehead atoms. The minimum atomic E-state index is -0.188. The highest BCUT2D eigenvalue weighted by Crippen LogP contribution is 2.30. The van der Waals surface area contributed by atoms with Crippen molar-refractivity contribution in [2.24, 2.45) is 5.92 Å². The number of pyridine rings is 1. The number of fused-ring (bicyclic) bond motifs is 1. The van der Waals surface area contributed by atoms with Gasteiger partial charge < -0.3 is 24.8 Å². The third-order valence-electron chi connectivity index (χ3n) is 5.83. The molecule has 1 saturated carbocycles. The second-order valence-electron chi connectivity index (χ2n) is 8.03. The molecule has 1 aromatic rings. The van der Waals surface area contributed by atoms with Crippen LogP contribution in [0.25, 0.3) is 0 Å². The molecule has 148 valence electrons. The zero-order valence-electron chi connectivity index (χ0n) is 16.0. The topological polar surface area (TPSA) is 81.7 Å². The number of aryl methyl sites for hydroxylation is 1. The Morgan fingerprint density at radius 3 is 2.89 bits per heavy atom. The van der Waals surface area contributed by atoms with Gasteiger partial charge in [-0.05, 0) is 37.8 Å². The van der Waals surface area contributed by atoms with Gasteiger partial charge in [-0.15, -0.1) is 0 Å². The molecule has 2 saturated heterocycles. The summed E-state index contributed by atoms with van der Waals surface area (Å²) in [5.41, 5.74) is 0.842. The molecular formula is C20H29N3O4. The van der Waals surface area contributed by atoms with E-state index in [0.29, 0.717) is 19.1 Å². The van der Waals surface area contributed by atoms with Gasteiger partial charge in [0, 0.05) is 12.2 Å². The Morgan fingerprint density at radius 1 is 1.22 bits per heavy atom. The summed E-state index contributed by atoms with van der Waals surface area (Å²) < 4.78 is 17.9. The Kier molecular flexibility index (Phi) is 5.50. The van der Waals surface area contributed by atoms with E-state index in [1.807, 2.05) is 19.1 Å². The Labute approximate surface area is 160 Å². The minimum absolute atomic E-state index is 0.126. The molecule has 6 atom stereocenters. The zero-order valence-corrected chi connectivity index (χ0v) is 16.0. The van der Waals surface area contributed by atoms with Crippen molar-refractivity contribution >= 4 is 6.03 Å². The van der Waals surface area contributed by atoms with Gasteiger partial charge in [0.25, 0.3) is 0 Å². The lowest BCUT2D eigenvalue weighted by atomic mass is 9.87. The highest BCUT2D eigenvalue weighted by Gasteiger charge is 2.49. The number of hydrogen-bond donors (Lipinski definition) is 2. The molecule has 2 N–H and O–H groups in total. The average Bonchev–Trinajstić information content (AvgIpc) is 3.21. The number of aromatic nitrogens is 1. The summed E-state index contributed by atoms with van der Waals surface area (Å²) in [7, 11) is 0. The predicted molar refractivity (Wildman–Crippen MR) is 99.7 cm³/mol. The number of rotatable bonds is 4. The fourth-order valence-electron chi connectivity index (χ4n) is 4.41. The van der Waals surface area contributed by atoms with E-state index in [0.717, 1.165) is 24.3 Å². The predicted octanol–water partition coefficient (Wildman–Crippen LogP) is 2.18. The summed E-state index contributed by atoms with van der Waals surface area (Å²) in [5.74, 6) is 1.42. The van der Waals surface area contributed by atoms with Gasteiger partial charge in [0.15, 0.2) is 6.10 Å². The lowest BCUT2D eigenvalue weighted by Crippen LogP contribution is -2.51. The lowest BCUT2D eigenvalue weighted by Gasteiger charge is -2.28. The van der Waals surface area contributed by atoms with Crippen LogP contribution in [0.1, 0.15) is 38.3 Å². The van der Waals surface area contributed by atoms with E-state index >= 15 is 0 Å². The Hall–Kier alpha value is -1.86. The van der Waals surface area contributed by atoms with Crippen LogP contribution in [0.5, 0.6) is 5.75 Å². The van der Waals surface area contributed by atoms with Crippen LogP contribution in [0, 0.1) is 12.8 Å². The number of amides is 2. The van der Waals surface area contributed by atoms with Crippen LogP contribution in [-0.4, -0.2) is 54.6 Å². The van der Waals surface area contributed by atoms with Gasteiger partial charge in [0.05, 0.1) is 24.9 Å². The van der Waals surface area contributed by atoms with Crippen LogP contribution in [0.15, 0.2) is 18.3 Å². The molecular weight excluding hydrogens is 346 g/mol. The van der Waals surface area contributed by atoms with Gasteiger partial charge in [-0.2, -0.15) is 0 Å². The molecule has 7 heteroatoms. The summed E-state index contributed by atoms with van der Waals surface area (Å²) in [6.45, 7) is 5.05. The quantitative estimate of drug-likeness (QED) is 0.843. The van der Waals surface area contributed by atoms with E-state index < -0.39 is 0 Å². The maximum absolute atomic E-state index is 12.4. The molecule has 0 radical (unpaired) electrons. The van der Waals surface area contributed by atoms with Crippen LogP contribution < -0.4 is 15.4 Å². The molecule has 0 spiro atoms. The normalized spacial score (nSPS) is 35.5. The standard InChI is InChI=1S/C20H29N3O4/c1-12-5-3-6-14(9-12)22-20(24)23-15-10-25-19-17(11-26-18(15)19)27-16-7-4-8-21-13(16)2/h4,7-8,12,14-15,17-19H,3,5-6,9-11H2,1-2H3,(H2,22,23,24)/t12?,14?,15-,17-,18+,19+/m0/s1. The maximum Gasteiger partial charge on any atom is 0.315 e. The van der Waals surface area contributed by atoms with E-state index in [4.69, 9.17) is 14.2 Å². The van der Waals surface area contributed by atoms with Gasteiger partial charge in [0.1, 0.15) is 18.0 Å². The molecule has 27 heavy (non-hydrogen) atoms. The average molecular weight is 375 g/mol. The van der Waals surface area contributed by atoms with Crippen molar-refractivity contribution in [3.05, 3.63) is 24.0 Å². The van der Waals surface area contributed by atoms with E-state index in [9.17, 15) is 4.79 Å². The third-order valence-corrected chi connectivity index (χ3v) is 5.83. The van der Waals surface area contributed by atoms with Gasteiger partial charge in [-0.3, -0.25) is 4.98 Å². The molecule has 3 fully saturated rings. The number of ether oxygens (including phenoxy) is 3. The first-order valence-corrected chi connectivity index (χ1v) is 9.98. The SMILES string of the molecule is Cc1ncccc1O[C@H]1CO[C@H]2[C@@H]1OC[C@@H]2NC(=O)NC1CCCC(C)C1. The molecule has 2 unspecified atom stereocenters. The molecule has 4 rings (SSSR count).